The molecule has 0 spiro atoms. The molecule has 2 unspecified atom stereocenters. The first-order chi connectivity index (χ1) is 8.25. The number of nitrogens with zero attached hydrogens (tertiary/aromatic N) is 1. The first kappa shape index (κ1) is 15.7. The highest BCUT2D eigenvalue weighted by molar-refractivity contribution is 5.85. The van der Waals surface area contributed by atoms with E-state index >= 15 is 0 Å². The van der Waals surface area contributed by atoms with Crippen molar-refractivity contribution in [3.8, 4) is 0 Å². The summed E-state index contributed by atoms with van der Waals surface area (Å²) in [4.78, 5) is 14.2. The third-order valence-electron chi connectivity index (χ3n) is 3.40. The molecule has 0 aromatic rings. The van der Waals surface area contributed by atoms with Crippen LogP contribution in [0.2, 0.25) is 0 Å². The van der Waals surface area contributed by atoms with Crippen LogP contribution in [0.1, 0.15) is 19.8 Å². The average molecular weight is 278 g/mol. The summed E-state index contributed by atoms with van der Waals surface area (Å²) in [5.41, 5.74) is 0. The zero-order valence-corrected chi connectivity index (χ0v) is 11.8. The second kappa shape index (κ2) is 7.94. The van der Waals surface area contributed by atoms with Crippen molar-refractivity contribution in [3.05, 3.63) is 0 Å². The summed E-state index contributed by atoms with van der Waals surface area (Å²) in [5, 5.41) is 6.30. The monoisotopic (exact) mass is 277 g/mol. The van der Waals surface area contributed by atoms with Crippen LogP contribution in [-0.4, -0.2) is 62.3 Å². The van der Waals surface area contributed by atoms with Gasteiger partial charge >= 0.3 is 0 Å². The van der Waals surface area contributed by atoms with Gasteiger partial charge in [0.15, 0.2) is 0 Å². The van der Waals surface area contributed by atoms with Crippen LogP contribution >= 0.6 is 12.4 Å². The maximum absolute atomic E-state index is 11.9. The predicted molar refractivity (Wildman–Crippen MR) is 73.1 cm³/mol. The summed E-state index contributed by atoms with van der Waals surface area (Å²) in [6.07, 6.45) is 2.08. The van der Waals surface area contributed by atoms with Crippen molar-refractivity contribution in [2.75, 3.05) is 39.4 Å². The van der Waals surface area contributed by atoms with Gasteiger partial charge in [0, 0.05) is 25.7 Å². The van der Waals surface area contributed by atoms with E-state index in [2.05, 4.69) is 22.5 Å². The van der Waals surface area contributed by atoms with Gasteiger partial charge in [-0.25, -0.2) is 0 Å². The van der Waals surface area contributed by atoms with Gasteiger partial charge in [-0.1, -0.05) is 0 Å². The van der Waals surface area contributed by atoms with Crippen LogP contribution in [0.15, 0.2) is 0 Å². The molecule has 0 aromatic carbocycles. The quantitative estimate of drug-likeness (QED) is 0.759. The molecule has 106 valence electrons. The molecule has 0 saturated carbocycles. The molecule has 2 aliphatic rings. The van der Waals surface area contributed by atoms with Crippen molar-refractivity contribution in [1.82, 2.24) is 15.5 Å². The minimum absolute atomic E-state index is 0. The van der Waals surface area contributed by atoms with Crippen LogP contribution in [0.5, 0.6) is 0 Å². The fourth-order valence-electron chi connectivity index (χ4n) is 2.47. The summed E-state index contributed by atoms with van der Waals surface area (Å²) in [7, 11) is 0. The number of rotatable bonds is 4. The van der Waals surface area contributed by atoms with Gasteiger partial charge in [-0.05, 0) is 26.3 Å². The second-order valence-electron chi connectivity index (χ2n) is 4.97. The molecular weight excluding hydrogens is 254 g/mol. The molecule has 0 bridgehead atoms. The lowest BCUT2D eigenvalue weighted by Crippen LogP contribution is -2.49. The second-order valence-corrected chi connectivity index (χ2v) is 4.97. The van der Waals surface area contributed by atoms with Gasteiger partial charge in [-0.3, -0.25) is 9.69 Å². The van der Waals surface area contributed by atoms with E-state index < -0.39 is 0 Å². The third kappa shape index (κ3) is 4.72. The molecule has 2 atom stereocenters. The summed E-state index contributed by atoms with van der Waals surface area (Å²) in [6, 6.07) is 0.241. The molecule has 6 heteroatoms. The van der Waals surface area contributed by atoms with Crippen molar-refractivity contribution >= 4 is 18.3 Å². The summed E-state index contributed by atoms with van der Waals surface area (Å²) < 4.78 is 5.30. The Kier molecular flexibility index (Phi) is 6.92. The molecule has 2 rings (SSSR count). The number of nitrogens with one attached hydrogen (secondary N) is 2. The van der Waals surface area contributed by atoms with E-state index in [-0.39, 0.29) is 30.4 Å². The number of carbonyl (C=O) groups excluding carboxylic acids is 1. The lowest BCUT2D eigenvalue weighted by atomic mass is 10.2. The van der Waals surface area contributed by atoms with Crippen LogP contribution in [-0.2, 0) is 9.53 Å². The number of morpholine rings is 1. The van der Waals surface area contributed by atoms with Crippen molar-refractivity contribution in [2.45, 2.75) is 31.8 Å². The molecule has 0 radical (unpaired) electrons. The molecule has 0 aromatic heterocycles. The molecule has 2 fully saturated rings. The molecule has 0 aliphatic carbocycles. The molecule has 2 heterocycles. The normalized spacial score (nSPS) is 26.4. The lowest BCUT2D eigenvalue weighted by molar-refractivity contribution is -0.123. The first-order valence-corrected chi connectivity index (χ1v) is 6.59. The van der Waals surface area contributed by atoms with Gasteiger partial charge in [0.25, 0.3) is 0 Å². The average Bonchev–Trinajstić information content (AvgIpc) is 2.83. The van der Waals surface area contributed by atoms with Gasteiger partial charge in [0.2, 0.25) is 5.91 Å². The number of hydrogen-bond donors (Lipinski definition) is 2. The van der Waals surface area contributed by atoms with Crippen molar-refractivity contribution in [2.24, 2.45) is 0 Å². The number of hydrogen-bond acceptors (Lipinski definition) is 4. The van der Waals surface area contributed by atoms with E-state index in [4.69, 9.17) is 4.74 Å². The number of carbonyl (C=O) groups is 1. The molecule has 2 N–H and O–H groups in total. The van der Waals surface area contributed by atoms with Crippen LogP contribution < -0.4 is 10.6 Å². The molecule has 2 aliphatic heterocycles. The van der Waals surface area contributed by atoms with Crippen LogP contribution in [0.25, 0.3) is 0 Å². The Bertz CT molecular complexity index is 254. The largest absolute Gasteiger partial charge is 0.379 e. The maximum atomic E-state index is 11.9. The van der Waals surface area contributed by atoms with Gasteiger partial charge in [0.05, 0.1) is 19.3 Å². The minimum Gasteiger partial charge on any atom is -0.379 e. The molecular formula is C12H24ClN3O2. The van der Waals surface area contributed by atoms with E-state index in [1.165, 1.54) is 0 Å². The topological polar surface area (TPSA) is 53.6 Å². The first-order valence-electron chi connectivity index (χ1n) is 6.59. The predicted octanol–water partition coefficient (Wildman–Crippen LogP) is -0.00290. The summed E-state index contributed by atoms with van der Waals surface area (Å²) in [6.45, 7) is 7.53. The Morgan fingerprint density at radius 1 is 1.50 bits per heavy atom. The Morgan fingerprint density at radius 3 is 2.83 bits per heavy atom. The number of ether oxygens (including phenoxy) is 1. The van der Waals surface area contributed by atoms with Crippen LogP contribution in [0, 0.1) is 0 Å². The standard InChI is InChI=1S/C12H23N3O2.ClH/c1-10(9-15-5-7-17-8-6-15)14-12(16)11-3-2-4-13-11;/h10-11,13H,2-9H2,1H3,(H,14,16);1H. The fourth-order valence-corrected chi connectivity index (χ4v) is 2.47. The summed E-state index contributed by atoms with van der Waals surface area (Å²) >= 11 is 0. The lowest BCUT2D eigenvalue weighted by Gasteiger charge is -2.29. The highest BCUT2D eigenvalue weighted by Gasteiger charge is 2.23. The van der Waals surface area contributed by atoms with Gasteiger partial charge in [-0.2, -0.15) is 0 Å². The van der Waals surface area contributed by atoms with Crippen LogP contribution in [0.4, 0.5) is 0 Å². The third-order valence-corrected chi connectivity index (χ3v) is 3.40. The molecule has 1 amide bonds. The van der Waals surface area contributed by atoms with Crippen molar-refractivity contribution in [1.29, 1.82) is 0 Å². The Balaban J connectivity index is 0.00000162. The Morgan fingerprint density at radius 2 is 2.22 bits per heavy atom. The highest BCUT2D eigenvalue weighted by atomic mass is 35.5. The maximum Gasteiger partial charge on any atom is 0.237 e. The SMILES string of the molecule is CC(CN1CCOCC1)NC(=O)C1CCCN1.Cl. The van der Waals surface area contributed by atoms with Crippen molar-refractivity contribution < 1.29 is 9.53 Å². The Hall–Kier alpha value is -0.360. The number of halogens is 1. The van der Waals surface area contributed by atoms with E-state index in [1.807, 2.05) is 0 Å². The van der Waals surface area contributed by atoms with Gasteiger partial charge in [0.1, 0.15) is 0 Å². The van der Waals surface area contributed by atoms with Crippen LogP contribution in [0.3, 0.4) is 0 Å². The zero-order chi connectivity index (χ0) is 12.1. The van der Waals surface area contributed by atoms with E-state index in [0.717, 1.165) is 52.2 Å². The van der Waals surface area contributed by atoms with Gasteiger partial charge in [-0.15, -0.1) is 12.4 Å². The minimum atomic E-state index is 0. The van der Waals surface area contributed by atoms with E-state index in [0.29, 0.717) is 0 Å². The smallest absolute Gasteiger partial charge is 0.237 e. The Labute approximate surface area is 115 Å². The zero-order valence-electron chi connectivity index (χ0n) is 11.0. The van der Waals surface area contributed by atoms with Gasteiger partial charge < -0.3 is 15.4 Å². The number of amides is 1. The van der Waals surface area contributed by atoms with E-state index in [1.54, 1.807) is 0 Å². The molecule has 2 saturated heterocycles. The highest BCUT2D eigenvalue weighted by Crippen LogP contribution is 2.05. The van der Waals surface area contributed by atoms with Crippen molar-refractivity contribution in [3.63, 3.8) is 0 Å². The molecule has 18 heavy (non-hydrogen) atoms. The fraction of sp³-hybridized carbons (Fsp3) is 0.917. The molecule has 5 nitrogen and oxygen atoms in total. The summed E-state index contributed by atoms with van der Waals surface area (Å²) in [5.74, 6) is 0.156. The van der Waals surface area contributed by atoms with E-state index in [9.17, 15) is 4.79 Å².